The van der Waals surface area contributed by atoms with E-state index in [1.807, 2.05) is 42.2 Å². The lowest BCUT2D eigenvalue weighted by Gasteiger charge is -2.30. The molecule has 1 aliphatic carbocycles. The molecule has 168 valence electrons. The number of benzene rings is 1. The molecule has 1 aliphatic rings. The highest BCUT2D eigenvalue weighted by Gasteiger charge is 2.24. The Balaban J connectivity index is 1.68. The van der Waals surface area contributed by atoms with Crippen LogP contribution in [0.15, 0.2) is 42.5 Å². The van der Waals surface area contributed by atoms with Crippen LogP contribution in [0.25, 0.3) is 0 Å². The Kier molecular flexibility index (Phi) is 8.95. The highest BCUT2D eigenvalue weighted by molar-refractivity contribution is 7.11. The molecule has 2 aromatic rings. The van der Waals surface area contributed by atoms with E-state index in [0.717, 1.165) is 29.7 Å². The molecule has 5 nitrogen and oxygen atoms in total. The van der Waals surface area contributed by atoms with Crippen molar-refractivity contribution in [2.45, 2.75) is 71.5 Å². The van der Waals surface area contributed by atoms with Crippen LogP contribution < -0.4 is 5.32 Å². The fraction of sp³-hybridized carbons (Fsp3) is 0.520. The van der Waals surface area contributed by atoms with E-state index in [9.17, 15) is 9.59 Å². The standard InChI is InChI=1S/C25H35N3O2S/c1-3-16-27(25(30)26-22-12-8-5-9-13-22)19-24(29)28(17-21-10-6-4-7-11-21)18-23-15-14-20(2)31-23/h4,6-7,10-11,14-15,22H,3,5,8-9,12-13,16-19H2,1-2H3,(H,26,30). The van der Waals surface area contributed by atoms with Gasteiger partial charge in [0.2, 0.25) is 5.91 Å². The lowest BCUT2D eigenvalue weighted by molar-refractivity contribution is -0.133. The van der Waals surface area contributed by atoms with Crippen molar-refractivity contribution in [3.8, 4) is 0 Å². The van der Waals surface area contributed by atoms with Gasteiger partial charge in [-0.1, -0.05) is 56.5 Å². The van der Waals surface area contributed by atoms with Gasteiger partial charge < -0.3 is 15.1 Å². The number of carbonyl (C=O) groups is 2. The summed E-state index contributed by atoms with van der Waals surface area (Å²) in [4.78, 5) is 32.2. The largest absolute Gasteiger partial charge is 0.335 e. The van der Waals surface area contributed by atoms with Crippen LogP contribution in [0, 0.1) is 6.92 Å². The summed E-state index contributed by atoms with van der Waals surface area (Å²) in [6.45, 7) is 5.93. The Labute approximate surface area is 190 Å². The Morgan fingerprint density at radius 1 is 1.00 bits per heavy atom. The van der Waals surface area contributed by atoms with Crippen LogP contribution in [-0.4, -0.2) is 40.9 Å². The first-order chi connectivity index (χ1) is 15.0. The van der Waals surface area contributed by atoms with Gasteiger partial charge in [0.05, 0.1) is 6.54 Å². The maximum atomic E-state index is 13.3. The average Bonchev–Trinajstić information content (AvgIpc) is 3.19. The van der Waals surface area contributed by atoms with Crippen LogP contribution in [0.2, 0.25) is 0 Å². The predicted molar refractivity (Wildman–Crippen MR) is 127 cm³/mol. The highest BCUT2D eigenvalue weighted by Crippen LogP contribution is 2.20. The Morgan fingerprint density at radius 2 is 1.74 bits per heavy atom. The molecule has 31 heavy (non-hydrogen) atoms. The molecule has 3 amide bonds. The summed E-state index contributed by atoms with van der Waals surface area (Å²) in [5.41, 5.74) is 1.10. The van der Waals surface area contributed by atoms with Crippen molar-refractivity contribution in [1.82, 2.24) is 15.1 Å². The smallest absolute Gasteiger partial charge is 0.318 e. The molecular formula is C25H35N3O2S. The SMILES string of the molecule is CCCN(CC(=O)N(Cc1ccccc1)Cc1ccc(C)s1)C(=O)NC1CCCCC1. The molecule has 0 unspecified atom stereocenters. The van der Waals surface area contributed by atoms with Gasteiger partial charge in [0.15, 0.2) is 0 Å². The van der Waals surface area contributed by atoms with Gasteiger partial charge in [0.1, 0.15) is 6.54 Å². The zero-order valence-electron chi connectivity index (χ0n) is 18.8. The number of carbonyl (C=O) groups excluding carboxylic acids is 2. The van der Waals surface area contributed by atoms with E-state index in [1.165, 1.54) is 24.1 Å². The third-order valence-corrected chi connectivity index (χ3v) is 6.74. The molecule has 1 saturated carbocycles. The molecule has 0 spiro atoms. The molecule has 1 fully saturated rings. The molecule has 0 aliphatic heterocycles. The van der Waals surface area contributed by atoms with E-state index in [4.69, 9.17) is 0 Å². The minimum absolute atomic E-state index is 0.0119. The van der Waals surface area contributed by atoms with Crippen molar-refractivity contribution in [1.29, 1.82) is 0 Å². The van der Waals surface area contributed by atoms with E-state index >= 15 is 0 Å². The second-order valence-corrected chi connectivity index (χ2v) is 9.83. The van der Waals surface area contributed by atoms with E-state index in [2.05, 4.69) is 24.4 Å². The highest BCUT2D eigenvalue weighted by atomic mass is 32.1. The van der Waals surface area contributed by atoms with Gasteiger partial charge in [0.25, 0.3) is 0 Å². The number of rotatable bonds is 9. The van der Waals surface area contributed by atoms with Crippen LogP contribution >= 0.6 is 11.3 Å². The summed E-state index contributed by atoms with van der Waals surface area (Å²) in [6.07, 6.45) is 6.49. The molecule has 1 N–H and O–H groups in total. The molecular weight excluding hydrogens is 406 g/mol. The number of hydrogen-bond acceptors (Lipinski definition) is 3. The predicted octanol–water partition coefficient (Wildman–Crippen LogP) is 5.34. The van der Waals surface area contributed by atoms with Crippen molar-refractivity contribution < 1.29 is 9.59 Å². The third kappa shape index (κ3) is 7.39. The second-order valence-electron chi connectivity index (χ2n) is 8.45. The fourth-order valence-electron chi connectivity index (χ4n) is 4.09. The van der Waals surface area contributed by atoms with Crippen LogP contribution in [0.3, 0.4) is 0 Å². The van der Waals surface area contributed by atoms with Crippen molar-refractivity contribution in [2.75, 3.05) is 13.1 Å². The van der Waals surface area contributed by atoms with Crippen LogP contribution in [-0.2, 0) is 17.9 Å². The Morgan fingerprint density at radius 3 is 2.39 bits per heavy atom. The molecule has 1 aromatic heterocycles. The summed E-state index contributed by atoms with van der Waals surface area (Å²) < 4.78 is 0. The molecule has 1 heterocycles. The fourth-order valence-corrected chi connectivity index (χ4v) is 5.00. The minimum atomic E-state index is -0.103. The number of nitrogens with zero attached hydrogens (tertiary/aromatic N) is 2. The lowest BCUT2D eigenvalue weighted by Crippen LogP contribution is -2.49. The van der Waals surface area contributed by atoms with Gasteiger partial charge in [-0.25, -0.2) is 4.79 Å². The van der Waals surface area contributed by atoms with Gasteiger partial charge in [-0.15, -0.1) is 11.3 Å². The first-order valence-electron chi connectivity index (χ1n) is 11.5. The summed E-state index contributed by atoms with van der Waals surface area (Å²) in [7, 11) is 0. The van der Waals surface area contributed by atoms with Crippen LogP contribution in [0.1, 0.15) is 60.8 Å². The third-order valence-electron chi connectivity index (χ3n) is 5.75. The number of hydrogen-bond donors (Lipinski definition) is 1. The van der Waals surface area contributed by atoms with E-state index in [1.54, 1.807) is 16.2 Å². The first kappa shape index (κ1) is 23.3. The Bertz CT molecular complexity index is 830. The number of nitrogens with one attached hydrogen (secondary N) is 1. The molecule has 1 aromatic carbocycles. The number of amides is 3. The molecule has 6 heteroatoms. The van der Waals surface area contributed by atoms with Crippen LogP contribution in [0.4, 0.5) is 4.79 Å². The van der Waals surface area contributed by atoms with Gasteiger partial charge in [-0.2, -0.15) is 0 Å². The average molecular weight is 442 g/mol. The number of urea groups is 1. The number of thiophene rings is 1. The monoisotopic (exact) mass is 441 g/mol. The topological polar surface area (TPSA) is 52.7 Å². The molecule has 0 bridgehead atoms. The summed E-state index contributed by atoms with van der Waals surface area (Å²) in [5, 5.41) is 3.17. The van der Waals surface area contributed by atoms with Gasteiger partial charge in [-0.3, -0.25) is 4.79 Å². The van der Waals surface area contributed by atoms with Gasteiger partial charge in [-0.05, 0) is 43.9 Å². The number of aryl methyl sites for hydroxylation is 1. The van der Waals surface area contributed by atoms with E-state index in [0.29, 0.717) is 19.6 Å². The van der Waals surface area contributed by atoms with Crippen LogP contribution in [0.5, 0.6) is 0 Å². The first-order valence-corrected chi connectivity index (χ1v) is 12.3. The maximum Gasteiger partial charge on any atom is 0.318 e. The van der Waals surface area contributed by atoms with Crippen molar-refractivity contribution in [3.05, 3.63) is 57.8 Å². The maximum absolute atomic E-state index is 13.3. The zero-order valence-corrected chi connectivity index (χ0v) is 19.6. The van der Waals surface area contributed by atoms with Gasteiger partial charge in [0, 0.05) is 28.9 Å². The zero-order chi connectivity index (χ0) is 22.1. The minimum Gasteiger partial charge on any atom is -0.335 e. The summed E-state index contributed by atoms with van der Waals surface area (Å²) >= 11 is 1.72. The van der Waals surface area contributed by atoms with E-state index < -0.39 is 0 Å². The quantitative estimate of drug-likeness (QED) is 0.571. The lowest BCUT2D eigenvalue weighted by atomic mass is 9.96. The summed E-state index contributed by atoms with van der Waals surface area (Å²) in [6, 6.07) is 14.4. The Hall–Kier alpha value is -2.34. The molecule has 0 atom stereocenters. The summed E-state index contributed by atoms with van der Waals surface area (Å²) in [5.74, 6) is -0.0119. The molecule has 0 radical (unpaired) electrons. The molecule has 3 rings (SSSR count). The molecule has 0 saturated heterocycles. The van der Waals surface area contributed by atoms with E-state index in [-0.39, 0.29) is 24.5 Å². The van der Waals surface area contributed by atoms with Gasteiger partial charge >= 0.3 is 6.03 Å². The second kappa shape index (κ2) is 11.9. The van der Waals surface area contributed by atoms with Crippen molar-refractivity contribution in [2.24, 2.45) is 0 Å². The van der Waals surface area contributed by atoms with Crippen molar-refractivity contribution in [3.63, 3.8) is 0 Å². The van der Waals surface area contributed by atoms with Crippen molar-refractivity contribution >= 4 is 23.3 Å². The normalized spacial score (nSPS) is 14.3.